The lowest BCUT2D eigenvalue weighted by Crippen LogP contribution is -2.45. The van der Waals surface area contributed by atoms with Crippen LogP contribution in [0.3, 0.4) is 0 Å². The van der Waals surface area contributed by atoms with Crippen LogP contribution in [-0.2, 0) is 16.0 Å². The second kappa shape index (κ2) is 5.73. The molecule has 0 radical (unpaired) electrons. The number of fused-ring (bicyclic) bond motifs is 1. The molecule has 1 heterocycles. The van der Waals surface area contributed by atoms with Crippen LogP contribution in [0.4, 0.5) is 5.69 Å². The highest BCUT2D eigenvalue weighted by atomic mass is 16.4. The Morgan fingerprint density at radius 2 is 2.16 bits per heavy atom. The summed E-state index contributed by atoms with van der Waals surface area (Å²) in [6.45, 7) is 2.75. The smallest absolute Gasteiger partial charge is 0.326 e. The third-order valence-electron chi connectivity index (χ3n) is 3.36. The summed E-state index contributed by atoms with van der Waals surface area (Å²) < 4.78 is 0. The molecule has 102 valence electrons. The van der Waals surface area contributed by atoms with E-state index >= 15 is 0 Å². The van der Waals surface area contributed by atoms with Crippen molar-refractivity contribution in [3.63, 3.8) is 0 Å². The topological polar surface area (TPSA) is 69.6 Å². The van der Waals surface area contributed by atoms with Crippen LogP contribution < -0.4 is 10.2 Å². The lowest BCUT2D eigenvalue weighted by Gasteiger charge is -2.20. The Bertz CT molecular complexity index is 487. The molecule has 0 spiro atoms. The first-order chi connectivity index (χ1) is 9.11. The number of rotatable bonds is 5. The molecular weight excluding hydrogens is 244 g/mol. The molecule has 1 amide bonds. The van der Waals surface area contributed by atoms with Crippen molar-refractivity contribution in [1.82, 2.24) is 5.32 Å². The summed E-state index contributed by atoms with van der Waals surface area (Å²) in [4.78, 5) is 24.7. The Morgan fingerprint density at radius 1 is 1.42 bits per heavy atom. The van der Waals surface area contributed by atoms with E-state index < -0.39 is 12.0 Å². The number of nitrogens with zero attached hydrogens (tertiary/aromatic N) is 1. The molecule has 0 saturated heterocycles. The predicted octanol–water partition coefficient (Wildman–Crippen LogP) is 1.03. The number of carboxylic acid groups (broad SMARTS) is 1. The van der Waals surface area contributed by atoms with Gasteiger partial charge in [-0.3, -0.25) is 4.79 Å². The van der Waals surface area contributed by atoms with E-state index in [2.05, 4.69) is 11.4 Å². The fourth-order valence-electron chi connectivity index (χ4n) is 2.32. The minimum absolute atomic E-state index is 0.209. The van der Waals surface area contributed by atoms with Crippen LogP contribution in [0.5, 0.6) is 0 Å². The van der Waals surface area contributed by atoms with Crippen molar-refractivity contribution in [3.05, 3.63) is 29.8 Å². The van der Waals surface area contributed by atoms with E-state index in [0.29, 0.717) is 6.42 Å². The molecule has 0 saturated carbocycles. The lowest BCUT2D eigenvalue weighted by molar-refractivity contribution is -0.141. The fourth-order valence-corrected chi connectivity index (χ4v) is 2.32. The number of hydrogen-bond donors (Lipinski definition) is 2. The third kappa shape index (κ3) is 3.05. The average Bonchev–Trinajstić information content (AvgIpc) is 2.79. The van der Waals surface area contributed by atoms with Gasteiger partial charge in [-0.1, -0.05) is 25.1 Å². The number of benzene rings is 1. The molecule has 5 nitrogen and oxygen atoms in total. The molecule has 1 unspecified atom stereocenters. The molecular formula is C14H18N2O3. The summed E-state index contributed by atoms with van der Waals surface area (Å²) >= 11 is 0. The monoisotopic (exact) mass is 262 g/mol. The lowest BCUT2D eigenvalue weighted by atomic mass is 10.2. The molecule has 19 heavy (non-hydrogen) atoms. The number of nitrogens with one attached hydrogen (secondary N) is 1. The summed E-state index contributed by atoms with van der Waals surface area (Å²) in [6.07, 6.45) is 1.32. The highest BCUT2D eigenvalue weighted by molar-refractivity contribution is 5.86. The number of amides is 1. The van der Waals surface area contributed by atoms with Gasteiger partial charge >= 0.3 is 5.97 Å². The van der Waals surface area contributed by atoms with Crippen LogP contribution in [0.1, 0.15) is 18.9 Å². The van der Waals surface area contributed by atoms with E-state index in [-0.39, 0.29) is 12.5 Å². The Labute approximate surface area is 112 Å². The van der Waals surface area contributed by atoms with Crippen LogP contribution in [0.25, 0.3) is 0 Å². The van der Waals surface area contributed by atoms with Crippen molar-refractivity contribution in [2.24, 2.45) is 0 Å². The van der Waals surface area contributed by atoms with Gasteiger partial charge in [-0.05, 0) is 24.5 Å². The van der Waals surface area contributed by atoms with Gasteiger partial charge in [0.15, 0.2) is 0 Å². The summed E-state index contributed by atoms with van der Waals surface area (Å²) in [5.74, 6) is -1.23. The van der Waals surface area contributed by atoms with Gasteiger partial charge in [0.2, 0.25) is 5.91 Å². The Balaban J connectivity index is 1.96. The zero-order valence-corrected chi connectivity index (χ0v) is 10.9. The van der Waals surface area contributed by atoms with Crippen LogP contribution >= 0.6 is 0 Å². The number of hydrogen-bond acceptors (Lipinski definition) is 3. The number of para-hydroxylation sites is 1. The predicted molar refractivity (Wildman–Crippen MR) is 72.2 cm³/mol. The van der Waals surface area contributed by atoms with E-state index in [1.165, 1.54) is 5.56 Å². The minimum Gasteiger partial charge on any atom is -0.480 e. The van der Waals surface area contributed by atoms with Gasteiger partial charge in [0.25, 0.3) is 0 Å². The van der Waals surface area contributed by atoms with Gasteiger partial charge in [0.05, 0.1) is 6.54 Å². The molecule has 1 aromatic rings. The van der Waals surface area contributed by atoms with E-state index in [1.807, 2.05) is 23.1 Å². The molecule has 1 aromatic carbocycles. The Hall–Kier alpha value is -2.04. The second-order valence-corrected chi connectivity index (χ2v) is 4.67. The highest BCUT2D eigenvalue weighted by Gasteiger charge is 2.23. The maximum Gasteiger partial charge on any atom is 0.326 e. The third-order valence-corrected chi connectivity index (χ3v) is 3.36. The van der Waals surface area contributed by atoms with Crippen LogP contribution in [0.2, 0.25) is 0 Å². The highest BCUT2D eigenvalue weighted by Crippen LogP contribution is 2.26. The molecule has 1 atom stereocenters. The van der Waals surface area contributed by atoms with Crippen molar-refractivity contribution < 1.29 is 14.7 Å². The molecule has 1 aliphatic heterocycles. The normalized spacial score (nSPS) is 14.9. The van der Waals surface area contributed by atoms with Gasteiger partial charge in [0, 0.05) is 12.2 Å². The first-order valence-corrected chi connectivity index (χ1v) is 6.47. The zero-order valence-electron chi connectivity index (χ0n) is 10.9. The molecule has 0 fully saturated rings. The second-order valence-electron chi connectivity index (χ2n) is 4.67. The van der Waals surface area contributed by atoms with Crippen molar-refractivity contribution >= 4 is 17.6 Å². The van der Waals surface area contributed by atoms with Crippen molar-refractivity contribution in [2.45, 2.75) is 25.8 Å². The van der Waals surface area contributed by atoms with E-state index in [4.69, 9.17) is 5.11 Å². The fraction of sp³-hybridized carbons (Fsp3) is 0.429. The molecule has 0 aromatic heterocycles. The van der Waals surface area contributed by atoms with Crippen LogP contribution in [0.15, 0.2) is 24.3 Å². The van der Waals surface area contributed by atoms with Gasteiger partial charge in [0.1, 0.15) is 6.04 Å². The van der Waals surface area contributed by atoms with Crippen molar-refractivity contribution in [3.8, 4) is 0 Å². The molecule has 2 N–H and O–H groups in total. The molecule has 1 aliphatic rings. The standard InChI is InChI=1S/C14H18N2O3/c1-2-11(14(18)19)15-13(17)9-16-8-7-10-5-3-4-6-12(10)16/h3-6,11H,2,7-9H2,1H3,(H,15,17)(H,18,19). The number of anilines is 1. The van der Waals surface area contributed by atoms with Gasteiger partial charge in [-0.15, -0.1) is 0 Å². The van der Waals surface area contributed by atoms with Crippen molar-refractivity contribution in [2.75, 3.05) is 18.0 Å². The zero-order chi connectivity index (χ0) is 13.8. The van der Waals surface area contributed by atoms with E-state index in [1.54, 1.807) is 6.92 Å². The van der Waals surface area contributed by atoms with Crippen molar-refractivity contribution in [1.29, 1.82) is 0 Å². The van der Waals surface area contributed by atoms with Crippen LogP contribution in [-0.4, -0.2) is 36.1 Å². The van der Waals surface area contributed by atoms with E-state index in [0.717, 1.165) is 18.7 Å². The first kappa shape index (κ1) is 13.4. The van der Waals surface area contributed by atoms with Gasteiger partial charge < -0.3 is 15.3 Å². The quantitative estimate of drug-likeness (QED) is 0.831. The molecule has 0 bridgehead atoms. The number of carbonyl (C=O) groups excluding carboxylic acids is 1. The average molecular weight is 262 g/mol. The maximum atomic E-state index is 11.9. The SMILES string of the molecule is CCC(NC(=O)CN1CCc2ccccc21)C(=O)O. The largest absolute Gasteiger partial charge is 0.480 e. The molecule has 0 aliphatic carbocycles. The maximum absolute atomic E-state index is 11.9. The van der Waals surface area contributed by atoms with Gasteiger partial charge in [-0.2, -0.15) is 0 Å². The summed E-state index contributed by atoms with van der Waals surface area (Å²) in [5, 5.41) is 11.5. The Kier molecular flexibility index (Phi) is 4.04. The summed E-state index contributed by atoms with van der Waals surface area (Å²) in [5.41, 5.74) is 2.31. The number of aliphatic carboxylic acids is 1. The molecule has 2 rings (SSSR count). The Morgan fingerprint density at radius 3 is 2.84 bits per heavy atom. The van der Waals surface area contributed by atoms with E-state index in [9.17, 15) is 9.59 Å². The number of carbonyl (C=O) groups is 2. The summed E-state index contributed by atoms with van der Waals surface area (Å²) in [6, 6.07) is 7.18. The minimum atomic E-state index is -0.988. The van der Waals surface area contributed by atoms with Crippen LogP contribution in [0, 0.1) is 0 Å². The number of carboxylic acids is 1. The first-order valence-electron chi connectivity index (χ1n) is 6.47. The van der Waals surface area contributed by atoms with Gasteiger partial charge in [-0.25, -0.2) is 4.79 Å². The molecule has 5 heteroatoms. The summed E-state index contributed by atoms with van der Waals surface area (Å²) in [7, 11) is 0.